The molecular formula is C16H16N4O3S. The monoisotopic (exact) mass is 344 g/mol. The van der Waals surface area contributed by atoms with Crippen LogP contribution in [0.1, 0.15) is 17.0 Å². The summed E-state index contributed by atoms with van der Waals surface area (Å²) in [6.45, 7) is 0.500. The number of rotatable bonds is 5. The maximum Gasteiger partial charge on any atom is 0.238 e. The fourth-order valence-electron chi connectivity index (χ4n) is 2.21. The third-order valence-corrected chi connectivity index (χ3v) is 4.45. The number of hydrogen-bond donors (Lipinski definition) is 2. The van der Waals surface area contributed by atoms with E-state index in [1.165, 1.54) is 12.1 Å². The van der Waals surface area contributed by atoms with Crippen LogP contribution in [0.4, 0.5) is 0 Å². The number of primary sulfonamides is 1. The van der Waals surface area contributed by atoms with Crippen molar-refractivity contribution in [3.8, 4) is 11.4 Å². The first-order valence-corrected chi connectivity index (χ1v) is 8.74. The van der Waals surface area contributed by atoms with Gasteiger partial charge in [-0.1, -0.05) is 29.4 Å². The Balaban J connectivity index is 1.77. The molecule has 0 aliphatic rings. The first kappa shape index (κ1) is 16.3. The summed E-state index contributed by atoms with van der Waals surface area (Å²) in [4.78, 5) is 4.36. The van der Waals surface area contributed by atoms with E-state index < -0.39 is 10.0 Å². The van der Waals surface area contributed by atoms with E-state index in [9.17, 15) is 8.42 Å². The molecule has 24 heavy (non-hydrogen) atoms. The van der Waals surface area contributed by atoms with E-state index in [0.29, 0.717) is 30.2 Å². The second-order valence-electron chi connectivity index (χ2n) is 5.28. The van der Waals surface area contributed by atoms with Crippen molar-refractivity contribution in [2.75, 3.05) is 0 Å². The SMILES string of the molecule is NCc1ccc(Cc2nc(-c3ccc(S(N)(=O)=O)cc3)no2)cc1. The molecule has 3 rings (SSSR count). The molecule has 0 atom stereocenters. The van der Waals surface area contributed by atoms with Crippen LogP contribution in [0.5, 0.6) is 0 Å². The Morgan fingerprint density at radius 1 is 0.958 bits per heavy atom. The van der Waals surface area contributed by atoms with Crippen LogP contribution in [0.2, 0.25) is 0 Å². The highest BCUT2D eigenvalue weighted by molar-refractivity contribution is 7.89. The second-order valence-corrected chi connectivity index (χ2v) is 6.84. The van der Waals surface area contributed by atoms with Crippen LogP contribution in [0.3, 0.4) is 0 Å². The summed E-state index contributed by atoms with van der Waals surface area (Å²) in [7, 11) is -3.72. The lowest BCUT2D eigenvalue weighted by molar-refractivity contribution is 0.385. The van der Waals surface area contributed by atoms with Crippen LogP contribution >= 0.6 is 0 Å². The fourth-order valence-corrected chi connectivity index (χ4v) is 2.72. The molecule has 0 amide bonds. The maximum atomic E-state index is 11.3. The van der Waals surface area contributed by atoms with Crippen molar-refractivity contribution in [3.05, 3.63) is 65.5 Å². The maximum absolute atomic E-state index is 11.3. The molecule has 4 N–H and O–H groups in total. The lowest BCUT2D eigenvalue weighted by atomic mass is 10.1. The van der Waals surface area contributed by atoms with E-state index in [0.717, 1.165) is 11.1 Å². The van der Waals surface area contributed by atoms with Gasteiger partial charge in [-0.2, -0.15) is 4.98 Å². The molecule has 0 aliphatic carbocycles. The van der Waals surface area contributed by atoms with Crippen LogP contribution in [-0.4, -0.2) is 18.6 Å². The Bertz CT molecular complexity index is 932. The highest BCUT2D eigenvalue weighted by Gasteiger charge is 2.12. The van der Waals surface area contributed by atoms with Gasteiger partial charge in [0.15, 0.2) is 0 Å². The van der Waals surface area contributed by atoms with Gasteiger partial charge in [0.2, 0.25) is 21.7 Å². The first-order chi connectivity index (χ1) is 11.5. The van der Waals surface area contributed by atoms with Crippen LogP contribution in [0.25, 0.3) is 11.4 Å². The molecule has 2 aromatic carbocycles. The van der Waals surface area contributed by atoms with Gasteiger partial charge < -0.3 is 10.3 Å². The number of sulfonamides is 1. The molecule has 3 aromatic rings. The molecule has 0 fully saturated rings. The van der Waals surface area contributed by atoms with Crippen LogP contribution in [0, 0.1) is 0 Å². The van der Waals surface area contributed by atoms with Gasteiger partial charge >= 0.3 is 0 Å². The summed E-state index contributed by atoms with van der Waals surface area (Å²) >= 11 is 0. The molecule has 0 aliphatic heterocycles. The zero-order chi connectivity index (χ0) is 17.2. The molecule has 1 heterocycles. The number of benzene rings is 2. The highest BCUT2D eigenvalue weighted by atomic mass is 32.2. The van der Waals surface area contributed by atoms with Crippen molar-refractivity contribution < 1.29 is 12.9 Å². The third-order valence-electron chi connectivity index (χ3n) is 3.52. The predicted octanol–water partition coefficient (Wildman–Crippen LogP) is 1.43. The molecule has 0 bridgehead atoms. The highest BCUT2D eigenvalue weighted by Crippen LogP contribution is 2.19. The summed E-state index contributed by atoms with van der Waals surface area (Å²) < 4.78 is 27.8. The van der Waals surface area contributed by atoms with Gasteiger partial charge in [0, 0.05) is 12.1 Å². The van der Waals surface area contributed by atoms with E-state index in [1.807, 2.05) is 24.3 Å². The van der Waals surface area contributed by atoms with Crippen molar-refractivity contribution in [3.63, 3.8) is 0 Å². The normalized spacial score (nSPS) is 11.6. The van der Waals surface area contributed by atoms with Gasteiger partial charge in [-0.25, -0.2) is 13.6 Å². The average molecular weight is 344 g/mol. The standard InChI is InChI=1S/C16H16N4O3S/c17-10-12-3-1-11(2-4-12)9-15-19-16(20-23-15)13-5-7-14(8-6-13)24(18,21)22/h1-8H,9-10,17H2,(H2,18,21,22). The molecular weight excluding hydrogens is 328 g/mol. The Hall–Kier alpha value is -2.55. The minimum Gasteiger partial charge on any atom is -0.339 e. The van der Waals surface area contributed by atoms with Crippen molar-refractivity contribution in [1.29, 1.82) is 0 Å². The number of aromatic nitrogens is 2. The van der Waals surface area contributed by atoms with Crippen LogP contribution in [-0.2, 0) is 23.0 Å². The summed E-state index contributed by atoms with van der Waals surface area (Å²) in [6, 6.07) is 13.8. The molecule has 0 saturated carbocycles. The number of nitrogens with zero attached hydrogens (tertiary/aromatic N) is 2. The number of hydrogen-bond acceptors (Lipinski definition) is 6. The predicted molar refractivity (Wildman–Crippen MR) is 88.2 cm³/mol. The van der Waals surface area contributed by atoms with E-state index in [4.69, 9.17) is 15.4 Å². The zero-order valence-corrected chi connectivity index (χ0v) is 13.5. The molecule has 8 heteroatoms. The summed E-state index contributed by atoms with van der Waals surface area (Å²) in [5.41, 5.74) is 8.31. The molecule has 0 spiro atoms. The first-order valence-electron chi connectivity index (χ1n) is 7.19. The molecule has 0 unspecified atom stereocenters. The van der Waals surface area contributed by atoms with E-state index >= 15 is 0 Å². The topological polar surface area (TPSA) is 125 Å². The molecule has 7 nitrogen and oxygen atoms in total. The van der Waals surface area contributed by atoms with Gasteiger partial charge in [0.05, 0.1) is 11.3 Å². The Kier molecular flexibility index (Phi) is 4.43. The number of nitrogens with two attached hydrogens (primary N) is 2. The summed E-state index contributed by atoms with van der Waals surface area (Å²) in [5.74, 6) is 0.866. The van der Waals surface area contributed by atoms with Crippen molar-refractivity contribution in [2.24, 2.45) is 10.9 Å². The Labute approximate surface area is 139 Å². The van der Waals surface area contributed by atoms with Crippen LogP contribution < -0.4 is 10.9 Å². The smallest absolute Gasteiger partial charge is 0.238 e. The lowest BCUT2D eigenvalue weighted by Crippen LogP contribution is -2.11. The van der Waals surface area contributed by atoms with Crippen molar-refractivity contribution in [1.82, 2.24) is 10.1 Å². The Morgan fingerprint density at radius 2 is 1.58 bits per heavy atom. The van der Waals surface area contributed by atoms with Gasteiger partial charge in [0.25, 0.3) is 0 Å². The van der Waals surface area contributed by atoms with E-state index in [1.54, 1.807) is 12.1 Å². The largest absolute Gasteiger partial charge is 0.339 e. The second kappa shape index (κ2) is 6.52. The quantitative estimate of drug-likeness (QED) is 0.721. The minimum atomic E-state index is -3.72. The van der Waals surface area contributed by atoms with Gasteiger partial charge in [-0.15, -0.1) is 0 Å². The van der Waals surface area contributed by atoms with Crippen molar-refractivity contribution >= 4 is 10.0 Å². The summed E-state index contributed by atoms with van der Waals surface area (Å²) in [5, 5.41) is 8.99. The summed E-state index contributed by atoms with van der Waals surface area (Å²) in [6.07, 6.45) is 0.507. The fraction of sp³-hybridized carbons (Fsp3) is 0.125. The zero-order valence-electron chi connectivity index (χ0n) is 12.7. The molecule has 0 radical (unpaired) electrons. The average Bonchev–Trinajstić information content (AvgIpc) is 3.03. The van der Waals surface area contributed by atoms with Gasteiger partial charge in [0.1, 0.15) is 0 Å². The van der Waals surface area contributed by atoms with Crippen LogP contribution in [0.15, 0.2) is 57.9 Å². The minimum absolute atomic E-state index is 0.0370. The molecule has 0 saturated heterocycles. The van der Waals surface area contributed by atoms with Gasteiger partial charge in [-0.3, -0.25) is 0 Å². The van der Waals surface area contributed by atoms with E-state index in [2.05, 4.69) is 10.1 Å². The van der Waals surface area contributed by atoms with E-state index in [-0.39, 0.29) is 4.90 Å². The van der Waals surface area contributed by atoms with Gasteiger partial charge in [-0.05, 0) is 35.4 Å². The Morgan fingerprint density at radius 3 is 2.17 bits per heavy atom. The lowest BCUT2D eigenvalue weighted by Gasteiger charge is -1.99. The van der Waals surface area contributed by atoms with Crippen molar-refractivity contribution in [2.45, 2.75) is 17.9 Å². The third kappa shape index (κ3) is 3.67. The molecule has 1 aromatic heterocycles. The molecule has 124 valence electrons.